The fourth-order valence-electron chi connectivity index (χ4n) is 3.04. The van der Waals surface area contributed by atoms with Crippen molar-refractivity contribution in [3.63, 3.8) is 0 Å². The number of aromatic nitrogens is 1. The van der Waals surface area contributed by atoms with E-state index in [1.54, 1.807) is 45.2 Å². The van der Waals surface area contributed by atoms with Crippen molar-refractivity contribution < 1.29 is 22.7 Å². The minimum absolute atomic E-state index is 0.0369. The van der Waals surface area contributed by atoms with Gasteiger partial charge in [0.05, 0.1) is 19.6 Å². The molecule has 10 heteroatoms. The predicted molar refractivity (Wildman–Crippen MR) is 114 cm³/mol. The molecular formula is C20H26ClN3O5S. The van der Waals surface area contributed by atoms with Crippen LogP contribution in [0.5, 0.6) is 0 Å². The zero-order chi connectivity index (χ0) is 22.5. The fourth-order valence-corrected chi connectivity index (χ4v) is 4.70. The van der Waals surface area contributed by atoms with Gasteiger partial charge < -0.3 is 14.6 Å². The van der Waals surface area contributed by atoms with Gasteiger partial charge in [0.2, 0.25) is 10.0 Å². The number of nitrogens with zero attached hydrogens (tertiary/aromatic N) is 2. The third-order valence-electron chi connectivity index (χ3n) is 4.73. The van der Waals surface area contributed by atoms with Crippen molar-refractivity contribution in [2.45, 2.75) is 31.2 Å². The van der Waals surface area contributed by atoms with Crippen molar-refractivity contribution in [2.24, 2.45) is 7.05 Å². The number of nitrogens with one attached hydrogen (secondary N) is 1. The van der Waals surface area contributed by atoms with E-state index in [1.807, 2.05) is 0 Å². The number of esters is 1. The van der Waals surface area contributed by atoms with E-state index in [0.717, 1.165) is 0 Å². The van der Waals surface area contributed by atoms with E-state index in [2.05, 4.69) is 5.32 Å². The Hall–Kier alpha value is -2.36. The van der Waals surface area contributed by atoms with Crippen LogP contribution in [0.4, 0.5) is 0 Å². The molecule has 0 bridgehead atoms. The second-order valence-electron chi connectivity index (χ2n) is 6.62. The molecule has 1 heterocycles. The fraction of sp³-hybridized carbons (Fsp3) is 0.400. The van der Waals surface area contributed by atoms with E-state index in [4.69, 9.17) is 16.3 Å². The molecule has 0 aliphatic carbocycles. The SMILES string of the molecule is CCN(CC)S(=O)(=O)c1cc(C(=O)NC(CC(=O)OC)c2ccc(Cl)cc2)n(C)c1. The number of rotatable bonds is 9. The molecule has 2 rings (SSSR count). The van der Waals surface area contributed by atoms with Crippen LogP contribution >= 0.6 is 11.6 Å². The summed E-state index contributed by atoms with van der Waals surface area (Å²) < 4.78 is 33.0. The van der Waals surface area contributed by atoms with Gasteiger partial charge in [-0.25, -0.2) is 8.42 Å². The van der Waals surface area contributed by atoms with Gasteiger partial charge in [0.1, 0.15) is 10.6 Å². The first kappa shape index (κ1) is 23.9. The van der Waals surface area contributed by atoms with Gasteiger partial charge in [-0.15, -0.1) is 0 Å². The van der Waals surface area contributed by atoms with Crippen LogP contribution in [-0.4, -0.2) is 49.4 Å². The number of carbonyl (C=O) groups is 2. The standard InChI is InChI=1S/C20H26ClN3O5S/c1-5-24(6-2)30(27,28)16-11-18(23(3)13-16)20(26)22-17(12-19(25)29-4)14-7-9-15(21)10-8-14/h7-11,13,17H,5-6,12H2,1-4H3,(H,22,26). The molecule has 164 valence electrons. The Bertz CT molecular complexity index is 998. The molecule has 0 spiro atoms. The highest BCUT2D eigenvalue weighted by molar-refractivity contribution is 7.89. The monoisotopic (exact) mass is 455 g/mol. The Kier molecular flexibility index (Phi) is 8.05. The van der Waals surface area contributed by atoms with Crippen LogP contribution in [0.25, 0.3) is 0 Å². The molecule has 1 unspecified atom stereocenters. The van der Waals surface area contributed by atoms with Gasteiger partial charge in [0.15, 0.2) is 0 Å². The third kappa shape index (κ3) is 5.41. The maximum atomic E-state index is 12.9. The summed E-state index contributed by atoms with van der Waals surface area (Å²) in [4.78, 5) is 24.8. The topological polar surface area (TPSA) is 97.7 Å². The van der Waals surface area contributed by atoms with Crippen LogP contribution < -0.4 is 5.32 Å². The number of benzene rings is 1. The number of ether oxygens (including phenoxy) is 1. The normalized spacial score (nSPS) is 12.6. The van der Waals surface area contributed by atoms with Gasteiger partial charge >= 0.3 is 5.97 Å². The molecule has 1 aromatic carbocycles. The molecular weight excluding hydrogens is 430 g/mol. The molecule has 1 aromatic heterocycles. The molecule has 0 fully saturated rings. The average molecular weight is 456 g/mol. The zero-order valence-corrected chi connectivity index (χ0v) is 19.0. The quantitative estimate of drug-likeness (QED) is 0.586. The van der Waals surface area contributed by atoms with Gasteiger partial charge in [0.25, 0.3) is 5.91 Å². The lowest BCUT2D eigenvalue weighted by molar-refractivity contribution is -0.141. The van der Waals surface area contributed by atoms with E-state index in [9.17, 15) is 18.0 Å². The Balaban J connectivity index is 2.32. The van der Waals surface area contributed by atoms with E-state index in [-0.39, 0.29) is 17.0 Å². The average Bonchev–Trinajstić information content (AvgIpc) is 3.11. The van der Waals surface area contributed by atoms with Gasteiger partial charge in [-0.3, -0.25) is 9.59 Å². The zero-order valence-electron chi connectivity index (χ0n) is 17.4. The minimum atomic E-state index is -3.70. The first-order valence-corrected chi connectivity index (χ1v) is 11.2. The number of halogens is 1. The molecule has 2 aromatic rings. The molecule has 30 heavy (non-hydrogen) atoms. The van der Waals surface area contributed by atoms with Crippen molar-refractivity contribution in [3.8, 4) is 0 Å². The molecule has 0 aliphatic heterocycles. The van der Waals surface area contributed by atoms with E-state index < -0.39 is 27.9 Å². The number of methoxy groups -OCH3 is 1. The molecule has 1 amide bonds. The van der Waals surface area contributed by atoms with Crippen molar-refractivity contribution in [2.75, 3.05) is 20.2 Å². The van der Waals surface area contributed by atoms with E-state index >= 15 is 0 Å². The van der Waals surface area contributed by atoms with Gasteiger partial charge in [-0.05, 0) is 23.8 Å². The van der Waals surface area contributed by atoms with Crippen LogP contribution in [0.3, 0.4) is 0 Å². The van der Waals surface area contributed by atoms with Gasteiger partial charge in [-0.2, -0.15) is 4.31 Å². The number of hydrogen-bond donors (Lipinski definition) is 1. The summed E-state index contributed by atoms with van der Waals surface area (Å²) in [6.45, 7) is 4.16. The summed E-state index contributed by atoms with van der Waals surface area (Å²) >= 11 is 5.92. The minimum Gasteiger partial charge on any atom is -0.469 e. The summed E-state index contributed by atoms with van der Waals surface area (Å²) in [6.07, 6.45) is 1.32. The molecule has 0 radical (unpaired) electrons. The van der Waals surface area contributed by atoms with E-state index in [1.165, 1.54) is 28.2 Å². The number of amides is 1. The highest BCUT2D eigenvalue weighted by Crippen LogP contribution is 2.22. The van der Waals surface area contributed by atoms with E-state index in [0.29, 0.717) is 23.7 Å². The van der Waals surface area contributed by atoms with Crippen LogP contribution in [-0.2, 0) is 26.6 Å². The number of hydrogen-bond acceptors (Lipinski definition) is 5. The first-order chi connectivity index (χ1) is 14.1. The van der Waals surface area contributed by atoms with Crippen LogP contribution in [0, 0.1) is 0 Å². The molecule has 1 N–H and O–H groups in total. The summed E-state index contributed by atoms with van der Waals surface area (Å²) in [5.41, 5.74) is 0.827. The highest BCUT2D eigenvalue weighted by atomic mass is 35.5. The third-order valence-corrected chi connectivity index (χ3v) is 7.00. The molecule has 1 atom stereocenters. The summed E-state index contributed by atoms with van der Waals surface area (Å²) in [6, 6.07) is 7.39. The van der Waals surface area contributed by atoms with Crippen LogP contribution in [0.1, 0.15) is 42.4 Å². The number of aryl methyl sites for hydroxylation is 1. The summed E-state index contributed by atoms with van der Waals surface area (Å²) in [5.74, 6) is -1.01. The largest absolute Gasteiger partial charge is 0.469 e. The van der Waals surface area contributed by atoms with Crippen LogP contribution in [0.2, 0.25) is 5.02 Å². The maximum Gasteiger partial charge on any atom is 0.307 e. The second kappa shape index (κ2) is 10.1. The van der Waals surface area contributed by atoms with Gasteiger partial charge in [-0.1, -0.05) is 37.6 Å². The Morgan fingerprint density at radius 1 is 1.20 bits per heavy atom. The lowest BCUT2D eigenvalue weighted by Gasteiger charge is -2.18. The predicted octanol–water partition coefficient (Wildman–Crippen LogP) is 2.74. The number of sulfonamides is 1. The Morgan fingerprint density at radius 3 is 2.33 bits per heavy atom. The van der Waals surface area contributed by atoms with Crippen molar-refractivity contribution in [1.82, 2.24) is 14.2 Å². The van der Waals surface area contributed by atoms with Gasteiger partial charge in [0, 0.05) is 31.4 Å². The highest BCUT2D eigenvalue weighted by Gasteiger charge is 2.27. The molecule has 8 nitrogen and oxygen atoms in total. The maximum absolute atomic E-state index is 12.9. The lowest BCUT2D eigenvalue weighted by atomic mass is 10.0. The molecule has 0 saturated heterocycles. The Labute approximate surface area is 181 Å². The summed E-state index contributed by atoms with van der Waals surface area (Å²) in [5, 5.41) is 3.31. The summed E-state index contributed by atoms with van der Waals surface area (Å²) in [7, 11) is -0.841. The Morgan fingerprint density at radius 2 is 1.80 bits per heavy atom. The van der Waals surface area contributed by atoms with Crippen LogP contribution in [0.15, 0.2) is 41.4 Å². The van der Waals surface area contributed by atoms with Crippen molar-refractivity contribution in [1.29, 1.82) is 0 Å². The van der Waals surface area contributed by atoms with Crippen molar-refractivity contribution in [3.05, 3.63) is 52.8 Å². The second-order valence-corrected chi connectivity index (χ2v) is 8.99. The first-order valence-electron chi connectivity index (χ1n) is 9.43. The van der Waals surface area contributed by atoms with Crippen molar-refractivity contribution >= 4 is 33.5 Å². The molecule has 0 saturated carbocycles. The lowest BCUT2D eigenvalue weighted by Crippen LogP contribution is -2.31. The molecule has 0 aliphatic rings. The number of carbonyl (C=O) groups excluding carboxylic acids is 2. The smallest absolute Gasteiger partial charge is 0.307 e.